The van der Waals surface area contributed by atoms with Crippen LogP contribution in [0.25, 0.3) is 0 Å². The van der Waals surface area contributed by atoms with E-state index >= 15 is 0 Å². The van der Waals surface area contributed by atoms with Crippen molar-refractivity contribution >= 4 is 43.0 Å². The zero-order valence-corrected chi connectivity index (χ0v) is 16.9. The highest BCUT2D eigenvalue weighted by molar-refractivity contribution is 7.92. The molecule has 2 rings (SSSR count). The Hall–Kier alpha value is -2.19. The molecule has 2 aromatic carbocycles. The van der Waals surface area contributed by atoms with E-state index in [9.17, 15) is 43.2 Å². The summed E-state index contributed by atoms with van der Waals surface area (Å²) in [6, 6.07) is 2.88. The lowest BCUT2D eigenvalue weighted by molar-refractivity contribution is -0.143. The zero-order chi connectivity index (χ0) is 23.1. The number of sulfonamides is 2. The van der Waals surface area contributed by atoms with E-state index in [1.54, 1.807) is 4.72 Å². The van der Waals surface area contributed by atoms with Gasteiger partial charge >= 0.3 is 12.4 Å². The molecule has 0 spiro atoms. The van der Waals surface area contributed by atoms with E-state index < -0.39 is 48.4 Å². The fourth-order valence-electron chi connectivity index (χ4n) is 2.16. The van der Waals surface area contributed by atoms with Gasteiger partial charge < -0.3 is 0 Å². The Morgan fingerprint density at radius 3 is 1.70 bits per heavy atom. The highest BCUT2D eigenvalue weighted by Crippen LogP contribution is 2.37. The van der Waals surface area contributed by atoms with Crippen molar-refractivity contribution < 1.29 is 43.2 Å². The van der Waals surface area contributed by atoms with Crippen LogP contribution < -0.4 is 9.44 Å². The molecule has 0 unspecified atom stereocenters. The van der Waals surface area contributed by atoms with Gasteiger partial charge in [0.2, 0.25) is 10.0 Å². The molecule has 15 heteroatoms. The molecule has 0 aliphatic rings. The number of benzene rings is 2. The van der Waals surface area contributed by atoms with Gasteiger partial charge in [0.1, 0.15) is 0 Å². The van der Waals surface area contributed by atoms with Crippen LogP contribution in [0, 0.1) is 0 Å². The molecule has 30 heavy (non-hydrogen) atoms. The largest absolute Gasteiger partial charge is 0.416 e. The average molecular weight is 497 g/mol. The number of rotatable bonds is 5. The second-order valence-electron chi connectivity index (χ2n) is 5.92. The number of alkyl halides is 6. The summed E-state index contributed by atoms with van der Waals surface area (Å²) in [6.45, 7) is 0. The van der Waals surface area contributed by atoms with Crippen molar-refractivity contribution in [3.63, 3.8) is 0 Å². The lowest BCUT2D eigenvalue weighted by atomic mass is 10.1. The van der Waals surface area contributed by atoms with E-state index in [0.717, 1.165) is 24.5 Å². The smallest absolute Gasteiger partial charge is 0.282 e. The minimum absolute atomic E-state index is 0.0543. The van der Waals surface area contributed by atoms with Crippen molar-refractivity contribution in [3.05, 3.63) is 52.5 Å². The third-order valence-electron chi connectivity index (χ3n) is 3.39. The fourth-order valence-corrected chi connectivity index (χ4v) is 4.14. The van der Waals surface area contributed by atoms with Crippen LogP contribution in [0.1, 0.15) is 11.1 Å². The van der Waals surface area contributed by atoms with Crippen molar-refractivity contribution in [2.24, 2.45) is 0 Å². The maximum atomic E-state index is 12.9. The summed E-state index contributed by atoms with van der Waals surface area (Å²) in [6.07, 6.45) is -9.63. The highest BCUT2D eigenvalue weighted by atomic mass is 35.5. The molecule has 0 atom stereocenters. The molecule has 0 amide bonds. The van der Waals surface area contributed by atoms with Crippen LogP contribution in [-0.4, -0.2) is 23.1 Å². The molecule has 166 valence electrons. The minimum Gasteiger partial charge on any atom is -0.282 e. The summed E-state index contributed by atoms with van der Waals surface area (Å²) in [5.41, 5.74) is -4.06. The lowest BCUT2D eigenvalue weighted by Crippen LogP contribution is -2.17. The van der Waals surface area contributed by atoms with Gasteiger partial charge in [-0.15, -0.1) is 0 Å². The van der Waals surface area contributed by atoms with E-state index in [2.05, 4.69) is 0 Å². The summed E-state index contributed by atoms with van der Waals surface area (Å²) < 4.78 is 129. The normalized spacial score (nSPS) is 13.2. The van der Waals surface area contributed by atoms with Crippen LogP contribution in [-0.2, 0) is 32.4 Å². The van der Waals surface area contributed by atoms with Crippen LogP contribution >= 0.6 is 11.6 Å². The molecule has 0 radical (unpaired) electrons. The van der Waals surface area contributed by atoms with E-state index in [-0.39, 0.29) is 34.6 Å². The molecule has 0 saturated carbocycles. The molecular weight excluding hydrogens is 486 g/mol. The van der Waals surface area contributed by atoms with Crippen LogP contribution in [0.2, 0.25) is 5.02 Å². The van der Waals surface area contributed by atoms with Gasteiger partial charge in [0.25, 0.3) is 10.0 Å². The van der Waals surface area contributed by atoms with Gasteiger partial charge in [-0.25, -0.2) is 16.8 Å². The molecule has 6 nitrogen and oxygen atoms in total. The van der Waals surface area contributed by atoms with E-state index in [0.29, 0.717) is 0 Å². The minimum atomic E-state index is -5.23. The van der Waals surface area contributed by atoms with Crippen LogP contribution in [0.3, 0.4) is 0 Å². The Labute approximate surface area is 172 Å². The Morgan fingerprint density at radius 1 is 0.800 bits per heavy atom. The number of nitrogens with one attached hydrogen (secondary N) is 2. The first-order valence-corrected chi connectivity index (χ1v) is 11.2. The first kappa shape index (κ1) is 24.1. The van der Waals surface area contributed by atoms with E-state index in [1.165, 1.54) is 0 Å². The van der Waals surface area contributed by atoms with Crippen molar-refractivity contribution in [1.82, 2.24) is 0 Å². The van der Waals surface area contributed by atoms with Gasteiger partial charge in [-0.1, -0.05) is 11.6 Å². The summed E-state index contributed by atoms with van der Waals surface area (Å²) in [4.78, 5) is -1.28. The molecule has 2 N–H and O–H groups in total. The first-order valence-electron chi connectivity index (χ1n) is 7.48. The van der Waals surface area contributed by atoms with Crippen molar-refractivity contribution in [1.29, 1.82) is 0 Å². The van der Waals surface area contributed by atoms with Crippen molar-refractivity contribution in [2.45, 2.75) is 17.2 Å². The van der Waals surface area contributed by atoms with Crippen LogP contribution in [0.5, 0.6) is 0 Å². The topological polar surface area (TPSA) is 92.3 Å². The quantitative estimate of drug-likeness (QED) is 0.594. The van der Waals surface area contributed by atoms with Crippen molar-refractivity contribution in [2.75, 3.05) is 15.7 Å². The van der Waals surface area contributed by atoms with E-state index in [1.807, 2.05) is 4.72 Å². The van der Waals surface area contributed by atoms with Crippen molar-refractivity contribution in [3.8, 4) is 0 Å². The standard InChI is InChI=1S/C15H11ClF6N2O4S2/c1-29(25,26)24-13-3-2-10(7-12(13)16)23-30(27,28)11-5-8(14(17,18)19)4-9(6-11)15(20,21)22/h2-7,23-24H,1H3. The summed E-state index contributed by atoms with van der Waals surface area (Å²) >= 11 is 5.82. The lowest BCUT2D eigenvalue weighted by Gasteiger charge is -2.15. The number of anilines is 2. The molecule has 0 aliphatic carbocycles. The van der Waals surface area contributed by atoms with Gasteiger partial charge in [-0.2, -0.15) is 26.3 Å². The Balaban J connectivity index is 2.48. The highest BCUT2D eigenvalue weighted by Gasteiger charge is 2.38. The number of hydrogen-bond donors (Lipinski definition) is 2. The SMILES string of the molecule is CS(=O)(=O)Nc1ccc(NS(=O)(=O)c2cc(C(F)(F)F)cc(C(F)(F)F)c2)cc1Cl. The molecule has 0 fully saturated rings. The van der Waals surface area contributed by atoms with Crippen LogP contribution in [0.4, 0.5) is 37.7 Å². The molecule has 2 aromatic rings. The van der Waals surface area contributed by atoms with Gasteiger partial charge in [0.05, 0.1) is 38.7 Å². The monoisotopic (exact) mass is 496 g/mol. The Kier molecular flexibility index (Phi) is 6.27. The summed E-state index contributed by atoms with van der Waals surface area (Å²) in [5, 5.41) is -0.277. The second-order valence-corrected chi connectivity index (χ2v) is 9.75. The Morgan fingerprint density at radius 2 is 1.30 bits per heavy atom. The molecular formula is C15H11ClF6N2O4S2. The third kappa shape index (κ3) is 6.15. The Bertz CT molecular complexity index is 1150. The molecule has 0 aromatic heterocycles. The predicted octanol–water partition coefficient (Wildman–Crippen LogP) is 4.55. The second kappa shape index (κ2) is 7.81. The fraction of sp³-hybridized carbons (Fsp3) is 0.200. The first-order chi connectivity index (χ1) is 13.4. The molecule has 0 saturated heterocycles. The molecule has 0 bridgehead atoms. The third-order valence-corrected chi connectivity index (χ3v) is 5.65. The van der Waals surface area contributed by atoms with Gasteiger partial charge in [0, 0.05) is 0 Å². The van der Waals surface area contributed by atoms with E-state index in [4.69, 9.17) is 11.6 Å². The number of halogens is 7. The molecule has 0 heterocycles. The average Bonchev–Trinajstić information content (AvgIpc) is 2.54. The maximum Gasteiger partial charge on any atom is 0.416 e. The maximum absolute atomic E-state index is 12.9. The summed E-state index contributed by atoms with van der Waals surface area (Å²) in [5.74, 6) is 0. The van der Waals surface area contributed by atoms with Gasteiger partial charge in [-0.05, 0) is 36.4 Å². The van der Waals surface area contributed by atoms with Gasteiger partial charge in [0.15, 0.2) is 0 Å². The van der Waals surface area contributed by atoms with Gasteiger partial charge in [-0.3, -0.25) is 9.44 Å². The molecule has 0 aliphatic heterocycles. The van der Waals surface area contributed by atoms with Crippen LogP contribution in [0.15, 0.2) is 41.3 Å². The zero-order valence-electron chi connectivity index (χ0n) is 14.6. The summed E-state index contributed by atoms with van der Waals surface area (Å²) in [7, 11) is -8.61. The predicted molar refractivity (Wildman–Crippen MR) is 97.2 cm³/mol. The number of hydrogen-bond acceptors (Lipinski definition) is 4.